The van der Waals surface area contributed by atoms with Gasteiger partial charge in [0.05, 0.1) is 20.0 Å². The minimum Gasteiger partial charge on any atom is -0.493 e. The Labute approximate surface area is 197 Å². The van der Waals surface area contributed by atoms with Crippen LogP contribution in [0.1, 0.15) is 44.2 Å². The molecule has 1 saturated heterocycles. The van der Waals surface area contributed by atoms with Gasteiger partial charge in [-0.25, -0.2) is 4.98 Å². The first-order valence-electron chi connectivity index (χ1n) is 11.7. The number of aromatic nitrogens is 2. The van der Waals surface area contributed by atoms with Gasteiger partial charge in [0.2, 0.25) is 0 Å². The van der Waals surface area contributed by atoms with Crippen molar-refractivity contribution in [3.8, 4) is 11.5 Å². The van der Waals surface area contributed by atoms with E-state index in [1.54, 1.807) is 7.11 Å². The summed E-state index contributed by atoms with van der Waals surface area (Å²) in [7, 11) is 1.67. The lowest BCUT2D eigenvalue weighted by molar-refractivity contribution is 0.274. The Kier molecular flexibility index (Phi) is 10.1. The molecule has 7 nitrogen and oxygen atoms in total. The molecule has 0 saturated carbocycles. The van der Waals surface area contributed by atoms with Crippen molar-refractivity contribution in [2.24, 2.45) is 5.92 Å². The number of methoxy groups -OCH3 is 1. The number of aryl methyl sites for hydroxylation is 2. The molecule has 3 rings (SSSR count). The molecule has 0 unspecified atom stereocenters. The number of rotatable bonds is 12. The van der Waals surface area contributed by atoms with Gasteiger partial charge in [0, 0.05) is 36.7 Å². The number of ether oxygens (including phenoxy) is 2. The van der Waals surface area contributed by atoms with Gasteiger partial charge in [-0.05, 0) is 82.4 Å². The van der Waals surface area contributed by atoms with E-state index in [1.807, 2.05) is 30.7 Å². The molecule has 3 N–H and O–H groups in total. The number of imidazole rings is 1. The molecule has 0 spiro atoms. The molecule has 0 bridgehead atoms. The molecule has 32 heavy (non-hydrogen) atoms. The third-order valence-corrected chi connectivity index (χ3v) is 6.17. The largest absolute Gasteiger partial charge is 0.493 e. The van der Waals surface area contributed by atoms with Crippen LogP contribution >= 0.6 is 12.2 Å². The van der Waals surface area contributed by atoms with Gasteiger partial charge in [-0.1, -0.05) is 6.42 Å². The quantitative estimate of drug-likeness (QED) is 0.326. The van der Waals surface area contributed by atoms with Gasteiger partial charge < -0.3 is 30.0 Å². The molecule has 1 aromatic heterocycles. The van der Waals surface area contributed by atoms with Crippen LogP contribution in [-0.2, 0) is 6.54 Å². The zero-order valence-corrected chi connectivity index (χ0v) is 20.2. The van der Waals surface area contributed by atoms with Crippen LogP contribution in [0.3, 0.4) is 0 Å². The number of nitrogens with one attached hydrogen (secondary N) is 3. The molecule has 0 atom stereocenters. The van der Waals surface area contributed by atoms with Gasteiger partial charge in [-0.3, -0.25) is 0 Å². The Morgan fingerprint density at radius 3 is 2.81 bits per heavy atom. The minimum atomic E-state index is 0.602. The van der Waals surface area contributed by atoms with Crippen LogP contribution in [0.2, 0.25) is 0 Å². The van der Waals surface area contributed by atoms with E-state index in [0.29, 0.717) is 11.7 Å². The van der Waals surface area contributed by atoms with E-state index in [4.69, 9.17) is 21.7 Å². The highest BCUT2D eigenvalue weighted by atomic mass is 32.1. The molecular formula is C24H37N5O2S. The molecule has 1 aliphatic heterocycles. The summed E-state index contributed by atoms with van der Waals surface area (Å²) in [5.41, 5.74) is 2.06. The van der Waals surface area contributed by atoms with Crippen LogP contribution in [0, 0.1) is 12.8 Å². The van der Waals surface area contributed by atoms with Crippen LogP contribution in [0.15, 0.2) is 30.7 Å². The molecule has 2 heterocycles. The standard InChI is InChI=1S/C24H37N5O2S/c1-19-17-26-18-29(19)14-5-11-27-24(32)28-21-7-8-22(30-2)23(16-21)31-15-4-3-6-20-9-12-25-13-10-20/h7-8,16-18,20,25H,3-6,9-15H2,1-2H3,(H2,27,28,32). The summed E-state index contributed by atoms with van der Waals surface area (Å²) >= 11 is 5.45. The number of hydrogen-bond acceptors (Lipinski definition) is 5. The van der Waals surface area contributed by atoms with Gasteiger partial charge in [0.25, 0.3) is 0 Å². The number of benzene rings is 1. The minimum absolute atomic E-state index is 0.602. The first-order chi connectivity index (χ1) is 15.7. The van der Waals surface area contributed by atoms with Gasteiger partial charge in [-0.15, -0.1) is 0 Å². The second-order valence-corrected chi connectivity index (χ2v) is 8.77. The lowest BCUT2D eigenvalue weighted by Gasteiger charge is -2.22. The van der Waals surface area contributed by atoms with E-state index in [9.17, 15) is 0 Å². The Morgan fingerprint density at radius 1 is 1.22 bits per heavy atom. The van der Waals surface area contributed by atoms with Gasteiger partial charge in [0.1, 0.15) is 0 Å². The Morgan fingerprint density at radius 2 is 2.06 bits per heavy atom. The summed E-state index contributed by atoms with van der Waals surface area (Å²) < 4.78 is 13.6. The molecule has 0 amide bonds. The second kappa shape index (κ2) is 13.3. The average molecular weight is 460 g/mol. The Bertz CT molecular complexity index is 836. The second-order valence-electron chi connectivity index (χ2n) is 8.37. The SMILES string of the molecule is COc1ccc(NC(=S)NCCCn2cncc2C)cc1OCCCCC1CCNCC1. The smallest absolute Gasteiger partial charge is 0.170 e. The van der Waals surface area contributed by atoms with Crippen LogP contribution in [0.25, 0.3) is 0 Å². The Balaban J connectivity index is 1.37. The van der Waals surface area contributed by atoms with Gasteiger partial charge in [-0.2, -0.15) is 0 Å². The number of nitrogens with zero attached hydrogens (tertiary/aromatic N) is 2. The maximum absolute atomic E-state index is 6.04. The highest BCUT2D eigenvalue weighted by Gasteiger charge is 2.12. The first-order valence-corrected chi connectivity index (χ1v) is 12.1. The van der Waals surface area contributed by atoms with Crippen molar-refractivity contribution in [3.63, 3.8) is 0 Å². The van der Waals surface area contributed by atoms with E-state index in [2.05, 4.69) is 32.4 Å². The van der Waals surface area contributed by atoms with Crippen molar-refractivity contribution in [2.75, 3.05) is 38.7 Å². The summed E-state index contributed by atoms with van der Waals surface area (Å²) in [6.07, 6.45) is 10.9. The summed E-state index contributed by atoms with van der Waals surface area (Å²) in [6.45, 7) is 6.80. The number of thiocarbonyl (C=S) groups is 1. The van der Waals surface area contributed by atoms with Gasteiger partial charge >= 0.3 is 0 Å². The van der Waals surface area contributed by atoms with Crippen LogP contribution in [0.5, 0.6) is 11.5 Å². The van der Waals surface area contributed by atoms with Crippen molar-refractivity contribution in [1.82, 2.24) is 20.2 Å². The molecular weight excluding hydrogens is 422 g/mol. The van der Waals surface area contributed by atoms with E-state index in [1.165, 1.54) is 44.5 Å². The molecule has 176 valence electrons. The first kappa shape index (κ1) is 24.3. The van der Waals surface area contributed by atoms with E-state index < -0.39 is 0 Å². The van der Waals surface area contributed by atoms with Gasteiger partial charge in [0.15, 0.2) is 16.6 Å². The topological polar surface area (TPSA) is 72.4 Å². The van der Waals surface area contributed by atoms with Crippen molar-refractivity contribution in [2.45, 2.75) is 52.0 Å². The normalized spacial score (nSPS) is 14.2. The fourth-order valence-corrected chi connectivity index (χ4v) is 4.22. The van der Waals surface area contributed by atoms with E-state index >= 15 is 0 Å². The third kappa shape index (κ3) is 7.98. The summed E-state index contributed by atoms with van der Waals surface area (Å²) in [4.78, 5) is 4.15. The van der Waals surface area contributed by atoms with Crippen LogP contribution < -0.4 is 25.4 Å². The average Bonchev–Trinajstić information content (AvgIpc) is 3.22. The Hall–Kier alpha value is -2.32. The summed E-state index contributed by atoms with van der Waals surface area (Å²) in [5.74, 6) is 2.36. The molecule has 0 aliphatic carbocycles. The number of unbranched alkanes of at least 4 members (excludes halogenated alkanes) is 1. The molecule has 1 fully saturated rings. The summed E-state index contributed by atoms with van der Waals surface area (Å²) in [6, 6.07) is 5.82. The van der Waals surface area contributed by atoms with Crippen LogP contribution in [-0.4, -0.2) is 48.0 Å². The van der Waals surface area contributed by atoms with Crippen molar-refractivity contribution < 1.29 is 9.47 Å². The van der Waals surface area contributed by atoms with E-state index in [0.717, 1.165) is 49.0 Å². The third-order valence-electron chi connectivity index (χ3n) is 5.93. The lowest BCUT2D eigenvalue weighted by Crippen LogP contribution is -2.29. The highest BCUT2D eigenvalue weighted by molar-refractivity contribution is 7.80. The number of hydrogen-bond donors (Lipinski definition) is 3. The molecule has 1 aromatic carbocycles. The summed E-state index contributed by atoms with van der Waals surface area (Å²) in [5, 5.41) is 10.5. The fraction of sp³-hybridized carbons (Fsp3) is 0.583. The predicted molar refractivity (Wildman–Crippen MR) is 134 cm³/mol. The zero-order valence-electron chi connectivity index (χ0n) is 19.4. The lowest BCUT2D eigenvalue weighted by atomic mass is 9.93. The molecule has 0 radical (unpaired) electrons. The molecule has 1 aliphatic rings. The monoisotopic (exact) mass is 459 g/mol. The molecule has 2 aromatic rings. The van der Waals surface area contributed by atoms with E-state index in [-0.39, 0.29) is 0 Å². The zero-order chi connectivity index (χ0) is 22.6. The van der Waals surface area contributed by atoms with Crippen molar-refractivity contribution in [1.29, 1.82) is 0 Å². The number of piperidine rings is 1. The van der Waals surface area contributed by atoms with Crippen molar-refractivity contribution in [3.05, 3.63) is 36.4 Å². The predicted octanol–water partition coefficient (Wildman–Crippen LogP) is 4.13. The number of anilines is 1. The fourth-order valence-electron chi connectivity index (χ4n) is 4.00. The maximum Gasteiger partial charge on any atom is 0.170 e. The van der Waals surface area contributed by atoms with Crippen LogP contribution in [0.4, 0.5) is 5.69 Å². The highest BCUT2D eigenvalue weighted by Crippen LogP contribution is 2.30. The van der Waals surface area contributed by atoms with Crippen molar-refractivity contribution >= 4 is 23.0 Å². The maximum atomic E-state index is 6.04. The molecule has 8 heteroatoms.